The molecular weight excluding hydrogens is 222 g/mol. The van der Waals surface area contributed by atoms with Crippen LogP contribution in [0.1, 0.15) is 22.1 Å². The number of hydrogen-bond donors (Lipinski definition) is 1. The van der Waals surface area contributed by atoms with Crippen molar-refractivity contribution in [2.24, 2.45) is 0 Å². The number of thiophene rings is 1. The molecule has 0 bridgehead atoms. The maximum Gasteiger partial charge on any atom is 0.212 e. The lowest BCUT2D eigenvalue weighted by atomic mass is 10.1. The summed E-state index contributed by atoms with van der Waals surface area (Å²) in [6, 6.07) is 5.56. The maximum absolute atomic E-state index is 10.1. The number of rotatable bonds is 3. The van der Waals surface area contributed by atoms with Crippen molar-refractivity contribution in [1.82, 2.24) is 4.98 Å². The molecule has 0 radical (unpaired) electrons. The quantitative estimate of drug-likeness (QED) is 0.889. The molecule has 0 aliphatic heterocycles. The fourth-order valence-electron chi connectivity index (χ4n) is 1.47. The van der Waals surface area contributed by atoms with Crippen LogP contribution in [0.4, 0.5) is 0 Å². The van der Waals surface area contributed by atoms with Crippen LogP contribution in [-0.4, -0.2) is 17.2 Å². The second-order valence-corrected chi connectivity index (χ2v) is 4.64. The van der Waals surface area contributed by atoms with Gasteiger partial charge in [0.25, 0.3) is 0 Å². The van der Waals surface area contributed by atoms with Gasteiger partial charge in [-0.1, -0.05) is 0 Å². The minimum atomic E-state index is -0.608. The van der Waals surface area contributed by atoms with Crippen LogP contribution in [0.2, 0.25) is 0 Å². The van der Waals surface area contributed by atoms with Gasteiger partial charge in [-0.15, -0.1) is 11.3 Å². The summed E-state index contributed by atoms with van der Waals surface area (Å²) in [6.45, 7) is 2.02. The van der Waals surface area contributed by atoms with E-state index in [1.165, 1.54) is 4.88 Å². The highest BCUT2D eigenvalue weighted by Crippen LogP contribution is 2.26. The van der Waals surface area contributed by atoms with E-state index in [1.807, 2.05) is 24.4 Å². The molecule has 0 amide bonds. The molecule has 2 rings (SSSR count). The van der Waals surface area contributed by atoms with Gasteiger partial charge in [-0.05, 0) is 30.0 Å². The molecule has 0 aliphatic carbocycles. The van der Waals surface area contributed by atoms with Crippen LogP contribution in [-0.2, 0) is 0 Å². The fourth-order valence-corrected chi connectivity index (χ4v) is 2.20. The lowest BCUT2D eigenvalue weighted by Gasteiger charge is -2.09. The molecular formula is C12H13NO2S. The van der Waals surface area contributed by atoms with Crippen LogP contribution >= 0.6 is 11.3 Å². The van der Waals surface area contributed by atoms with E-state index >= 15 is 0 Å². The Labute approximate surface area is 98.4 Å². The zero-order chi connectivity index (χ0) is 11.5. The van der Waals surface area contributed by atoms with Crippen molar-refractivity contribution >= 4 is 11.3 Å². The number of aromatic nitrogens is 1. The van der Waals surface area contributed by atoms with E-state index in [0.717, 1.165) is 11.1 Å². The lowest BCUT2D eigenvalue weighted by molar-refractivity contribution is 0.220. The topological polar surface area (TPSA) is 42.4 Å². The molecule has 2 aromatic rings. The van der Waals surface area contributed by atoms with Gasteiger partial charge in [0, 0.05) is 22.7 Å². The molecule has 4 heteroatoms. The number of nitrogens with zero attached hydrogens (tertiary/aromatic N) is 1. The Balaban J connectivity index is 2.23. The van der Waals surface area contributed by atoms with Gasteiger partial charge >= 0.3 is 0 Å². The summed E-state index contributed by atoms with van der Waals surface area (Å²) in [5.74, 6) is 0.553. The number of pyridine rings is 1. The smallest absolute Gasteiger partial charge is 0.212 e. The zero-order valence-corrected chi connectivity index (χ0v) is 9.99. The average Bonchev–Trinajstić information content (AvgIpc) is 2.75. The predicted octanol–water partition coefficient (Wildman–Crippen LogP) is 2.54. The monoisotopic (exact) mass is 235 g/mol. The molecule has 1 N–H and O–H groups in total. The lowest BCUT2D eigenvalue weighted by Crippen LogP contribution is -1.99. The van der Waals surface area contributed by atoms with Crippen molar-refractivity contribution in [3.8, 4) is 5.88 Å². The maximum atomic E-state index is 10.1. The summed E-state index contributed by atoms with van der Waals surface area (Å²) in [5.41, 5.74) is 1.69. The second-order valence-electron chi connectivity index (χ2n) is 3.53. The first-order valence-electron chi connectivity index (χ1n) is 4.93. The summed E-state index contributed by atoms with van der Waals surface area (Å²) in [4.78, 5) is 5.26. The normalized spacial score (nSPS) is 12.4. The number of aryl methyl sites for hydroxylation is 1. The molecule has 0 spiro atoms. The number of ether oxygens (including phenoxy) is 1. The van der Waals surface area contributed by atoms with E-state index in [1.54, 1.807) is 30.7 Å². The van der Waals surface area contributed by atoms with Gasteiger partial charge in [0.2, 0.25) is 5.88 Å². The molecule has 2 aromatic heterocycles. The van der Waals surface area contributed by atoms with Crippen molar-refractivity contribution in [3.05, 3.63) is 45.8 Å². The number of aliphatic hydroxyl groups excluding tert-OH is 1. The van der Waals surface area contributed by atoms with Gasteiger partial charge in [0.05, 0.1) is 7.11 Å². The standard InChI is InChI=1S/C12H13NO2S/c1-8-5-10(7-16-8)12(14)9-3-4-11(15-2)13-6-9/h3-7,12,14H,1-2H3. The Hall–Kier alpha value is -1.39. The van der Waals surface area contributed by atoms with E-state index in [4.69, 9.17) is 4.74 Å². The first kappa shape index (κ1) is 11.1. The van der Waals surface area contributed by atoms with E-state index in [-0.39, 0.29) is 0 Å². The minimum Gasteiger partial charge on any atom is -0.481 e. The Bertz CT molecular complexity index is 464. The largest absolute Gasteiger partial charge is 0.481 e. The van der Waals surface area contributed by atoms with Crippen LogP contribution in [0, 0.1) is 6.92 Å². The van der Waals surface area contributed by atoms with Crippen molar-refractivity contribution in [3.63, 3.8) is 0 Å². The van der Waals surface area contributed by atoms with Gasteiger partial charge in [-0.3, -0.25) is 0 Å². The number of methoxy groups -OCH3 is 1. The highest BCUT2D eigenvalue weighted by molar-refractivity contribution is 7.10. The Kier molecular flexibility index (Phi) is 3.22. The molecule has 2 heterocycles. The molecule has 3 nitrogen and oxygen atoms in total. The Morgan fingerprint density at radius 1 is 1.38 bits per heavy atom. The van der Waals surface area contributed by atoms with Crippen molar-refractivity contribution in [1.29, 1.82) is 0 Å². The van der Waals surface area contributed by atoms with E-state index in [0.29, 0.717) is 5.88 Å². The number of aliphatic hydroxyl groups is 1. The molecule has 0 saturated heterocycles. The molecule has 0 saturated carbocycles. The van der Waals surface area contributed by atoms with Gasteiger partial charge in [-0.25, -0.2) is 4.98 Å². The molecule has 0 fully saturated rings. The highest BCUT2D eigenvalue weighted by atomic mass is 32.1. The van der Waals surface area contributed by atoms with Gasteiger partial charge < -0.3 is 9.84 Å². The van der Waals surface area contributed by atoms with Crippen LogP contribution < -0.4 is 4.74 Å². The molecule has 1 unspecified atom stereocenters. The third-order valence-electron chi connectivity index (χ3n) is 2.35. The molecule has 0 aliphatic rings. The van der Waals surface area contributed by atoms with Crippen LogP contribution in [0.15, 0.2) is 29.8 Å². The van der Waals surface area contributed by atoms with Crippen LogP contribution in [0.5, 0.6) is 5.88 Å². The van der Waals surface area contributed by atoms with Crippen molar-refractivity contribution < 1.29 is 9.84 Å². The molecule has 1 atom stereocenters. The third-order valence-corrected chi connectivity index (χ3v) is 3.23. The van der Waals surface area contributed by atoms with Gasteiger partial charge in [0.15, 0.2) is 0 Å². The van der Waals surface area contributed by atoms with Gasteiger partial charge in [-0.2, -0.15) is 0 Å². The average molecular weight is 235 g/mol. The molecule has 0 aromatic carbocycles. The summed E-state index contributed by atoms with van der Waals surface area (Å²) in [6.07, 6.45) is 1.03. The van der Waals surface area contributed by atoms with Crippen LogP contribution in [0.25, 0.3) is 0 Å². The van der Waals surface area contributed by atoms with Crippen LogP contribution in [0.3, 0.4) is 0 Å². The van der Waals surface area contributed by atoms with E-state index < -0.39 is 6.10 Å². The van der Waals surface area contributed by atoms with E-state index in [2.05, 4.69) is 4.98 Å². The summed E-state index contributed by atoms with van der Waals surface area (Å²) in [5, 5.41) is 12.1. The predicted molar refractivity (Wildman–Crippen MR) is 63.9 cm³/mol. The van der Waals surface area contributed by atoms with Gasteiger partial charge in [0.1, 0.15) is 6.10 Å². The molecule has 84 valence electrons. The zero-order valence-electron chi connectivity index (χ0n) is 9.18. The summed E-state index contributed by atoms with van der Waals surface area (Å²) >= 11 is 1.63. The fraction of sp³-hybridized carbons (Fsp3) is 0.250. The third kappa shape index (κ3) is 2.23. The Morgan fingerprint density at radius 2 is 2.19 bits per heavy atom. The second kappa shape index (κ2) is 4.63. The van der Waals surface area contributed by atoms with E-state index in [9.17, 15) is 5.11 Å². The number of hydrogen-bond acceptors (Lipinski definition) is 4. The highest BCUT2D eigenvalue weighted by Gasteiger charge is 2.12. The SMILES string of the molecule is COc1ccc(C(O)c2csc(C)c2)cn1. The first-order valence-corrected chi connectivity index (χ1v) is 5.81. The molecule has 16 heavy (non-hydrogen) atoms. The van der Waals surface area contributed by atoms with Crippen molar-refractivity contribution in [2.45, 2.75) is 13.0 Å². The summed E-state index contributed by atoms with van der Waals surface area (Å²) in [7, 11) is 1.57. The minimum absolute atomic E-state index is 0.553. The first-order chi connectivity index (χ1) is 7.70. The van der Waals surface area contributed by atoms with Crippen molar-refractivity contribution in [2.75, 3.05) is 7.11 Å². The Morgan fingerprint density at radius 3 is 2.69 bits per heavy atom. The summed E-state index contributed by atoms with van der Waals surface area (Å²) < 4.78 is 4.97.